The molecule has 0 aliphatic heterocycles. The van der Waals surface area contributed by atoms with E-state index in [1.807, 2.05) is 27.0 Å². The minimum absolute atomic E-state index is 0.129. The molecule has 2 amide bonds. The van der Waals surface area contributed by atoms with Gasteiger partial charge in [0.1, 0.15) is 11.4 Å². The van der Waals surface area contributed by atoms with Gasteiger partial charge >= 0.3 is 0 Å². The molecule has 190 valence electrons. The summed E-state index contributed by atoms with van der Waals surface area (Å²) in [5.41, 5.74) is 3.82. The number of aromatic nitrogens is 9. The van der Waals surface area contributed by atoms with Crippen molar-refractivity contribution in [2.24, 2.45) is 7.05 Å². The molecule has 0 radical (unpaired) electrons. The summed E-state index contributed by atoms with van der Waals surface area (Å²) in [6, 6.07) is 3.36. The third kappa shape index (κ3) is 4.39. The Hall–Kier alpha value is -4.33. The van der Waals surface area contributed by atoms with Gasteiger partial charge in [0.25, 0.3) is 11.8 Å². The second kappa shape index (κ2) is 9.61. The van der Waals surface area contributed by atoms with E-state index in [4.69, 9.17) is 0 Å². The molecule has 2 N–H and O–H groups in total. The topological polar surface area (TPSA) is 142 Å². The normalized spacial score (nSPS) is 11.3. The van der Waals surface area contributed by atoms with Crippen LogP contribution < -0.4 is 10.6 Å². The lowest BCUT2D eigenvalue weighted by atomic mass is 10.3. The molecule has 5 heterocycles. The second-order valence-corrected chi connectivity index (χ2v) is 9.06. The van der Waals surface area contributed by atoms with Crippen LogP contribution in [0.3, 0.4) is 0 Å². The third-order valence-electron chi connectivity index (χ3n) is 5.96. The van der Waals surface area contributed by atoms with E-state index >= 15 is 0 Å². The van der Waals surface area contributed by atoms with Crippen molar-refractivity contribution < 1.29 is 9.59 Å². The van der Waals surface area contributed by atoms with Gasteiger partial charge in [0.15, 0.2) is 11.3 Å². The number of rotatable bonds is 7. The Balaban J connectivity index is 1.45. The lowest BCUT2D eigenvalue weighted by molar-refractivity contribution is 0.101. The molecule has 0 aliphatic rings. The van der Waals surface area contributed by atoms with E-state index in [0.29, 0.717) is 35.8 Å². The molecule has 0 saturated carbocycles. The van der Waals surface area contributed by atoms with Gasteiger partial charge in [-0.3, -0.25) is 23.6 Å². The third-order valence-corrected chi connectivity index (χ3v) is 6.54. The standard InChI is InChI=1S/C23H24BrN11O2/c1-5-33-12-14(24)20(31-33)18-7-8-25-19-9-15(30-35(18)19)22(36)29-17-11-27-34(6-2)21(17)23(37)28-16-10-26-32(4)13(16)3/h7-12H,5-6H2,1-4H3,(H,28,37)(H,29,36). The molecule has 0 saturated heterocycles. The zero-order valence-corrected chi connectivity index (χ0v) is 22.2. The predicted molar refractivity (Wildman–Crippen MR) is 139 cm³/mol. The first kappa shape index (κ1) is 24.4. The number of aryl methyl sites for hydroxylation is 3. The fraction of sp³-hybridized carbons (Fsp3) is 0.261. The number of fused-ring (bicyclic) bond motifs is 1. The average Bonchev–Trinajstić information content (AvgIpc) is 3.66. The molecule has 0 aromatic carbocycles. The summed E-state index contributed by atoms with van der Waals surface area (Å²) < 4.78 is 7.34. The molecule has 5 rings (SSSR count). The summed E-state index contributed by atoms with van der Waals surface area (Å²) in [5, 5.41) is 23.1. The van der Waals surface area contributed by atoms with Crippen LogP contribution in [0.4, 0.5) is 11.4 Å². The van der Waals surface area contributed by atoms with E-state index < -0.39 is 11.8 Å². The van der Waals surface area contributed by atoms with Crippen LogP contribution in [-0.4, -0.2) is 55.8 Å². The van der Waals surface area contributed by atoms with Gasteiger partial charge in [0.05, 0.1) is 39.6 Å². The van der Waals surface area contributed by atoms with Crippen molar-refractivity contribution in [3.05, 3.63) is 58.5 Å². The zero-order valence-electron chi connectivity index (χ0n) is 20.6. The quantitative estimate of drug-likeness (QED) is 0.308. The highest BCUT2D eigenvalue weighted by atomic mass is 79.9. The first-order chi connectivity index (χ1) is 17.8. The van der Waals surface area contributed by atoms with Crippen LogP contribution in [-0.2, 0) is 20.1 Å². The maximum Gasteiger partial charge on any atom is 0.276 e. The molecular weight excluding hydrogens is 542 g/mol. The number of nitrogens with one attached hydrogen (secondary N) is 2. The van der Waals surface area contributed by atoms with Gasteiger partial charge in [-0.15, -0.1) is 0 Å². The number of halogens is 1. The van der Waals surface area contributed by atoms with Crippen molar-refractivity contribution in [3.8, 4) is 11.4 Å². The van der Waals surface area contributed by atoms with Crippen LogP contribution >= 0.6 is 15.9 Å². The van der Waals surface area contributed by atoms with Crippen LogP contribution in [0.5, 0.6) is 0 Å². The molecule has 0 unspecified atom stereocenters. The van der Waals surface area contributed by atoms with Crippen LogP contribution in [0, 0.1) is 6.92 Å². The average molecular weight is 566 g/mol. The maximum atomic E-state index is 13.2. The first-order valence-electron chi connectivity index (χ1n) is 11.6. The van der Waals surface area contributed by atoms with Crippen molar-refractivity contribution in [3.63, 3.8) is 0 Å². The Morgan fingerprint density at radius 3 is 2.46 bits per heavy atom. The van der Waals surface area contributed by atoms with E-state index in [9.17, 15) is 9.59 Å². The summed E-state index contributed by atoms with van der Waals surface area (Å²) in [6.45, 7) is 6.85. The maximum absolute atomic E-state index is 13.2. The first-order valence-corrected chi connectivity index (χ1v) is 12.3. The monoisotopic (exact) mass is 565 g/mol. The molecule has 5 aromatic heterocycles. The van der Waals surface area contributed by atoms with Gasteiger partial charge in [-0.2, -0.15) is 20.4 Å². The Morgan fingerprint density at radius 1 is 1.03 bits per heavy atom. The minimum Gasteiger partial charge on any atom is -0.318 e. The highest BCUT2D eigenvalue weighted by Gasteiger charge is 2.23. The molecule has 0 spiro atoms. The van der Waals surface area contributed by atoms with Gasteiger partial charge in [-0.05, 0) is 42.8 Å². The number of anilines is 2. The summed E-state index contributed by atoms with van der Waals surface area (Å²) in [5.74, 6) is -0.919. The summed E-state index contributed by atoms with van der Waals surface area (Å²) >= 11 is 3.54. The van der Waals surface area contributed by atoms with Gasteiger partial charge in [0.2, 0.25) is 0 Å². The molecule has 13 nitrogen and oxygen atoms in total. The Morgan fingerprint density at radius 2 is 1.78 bits per heavy atom. The molecule has 37 heavy (non-hydrogen) atoms. The molecular formula is C23H24BrN11O2. The summed E-state index contributed by atoms with van der Waals surface area (Å²) in [6.07, 6.45) is 6.53. The number of amides is 2. The fourth-order valence-electron chi connectivity index (χ4n) is 3.86. The van der Waals surface area contributed by atoms with Crippen LogP contribution in [0.2, 0.25) is 0 Å². The SMILES string of the molecule is CCn1cc(Br)c(-c2ccnc3cc(C(=O)Nc4cnn(CC)c4C(=O)Nc4cnn(C)c4C)nn23)n1. The van der Waals surface area contributed by atoms with Gasteiger partial charge in [-0.1, -0.05) is 0 Å². The van der Waals surface area contributed by atoms with Crippen molar-refractivity contribution in [2.75, 3.05) is 10.6 Å². The highest BCUT2D eigenvalue weighted by Crippen LogP contribution is 2.27. The number of carbonyl (C=O) groups excluding carboxylic acids is 2. The number of hydrogen-bond donors (Lipinski definition) is 2. The fourth-order valence-corrected chi connectivity index (χ4v) is 4.38. The van der Waals surface area contributed by atoms with E-state index in [0.717, 1.165) is 10.2 Å². The van der Waals surface area contributed by atoms with E-state index in [2.05, 4.69) is 51.9 Å². The number of carbonyl (C=O) groups is 2. The van der Waals surface area contributed by atoms with E-state index in [1.54, 1.807) is 45.5 Å². The Kier molecular flexibility index (Phi) is 6.33. The van der Waals surface area contributed by atoms with Crippen molar-refractivity contribution in [1.82, 2.24) is 43.9 Å². The van der Waals surface area contributed by atoms with Crippen LogP contribution in [0.15, 0.2) is 41.4 Å². The molecule has 0 aliphatic carbocycles. The van der Waals surface area contributed by atoms with Crippen LogP contribution in [0.25, 0.3) is 17.0 Å². The molecule has 0 atom stereocenters. The Labute approximate surface area is 219 Å². The predicted octanol–water partition coefficient (Wildman–Crippen LogP) is 3.14. The zero-order chi connectivity index (χ0) is 26.3. The smallest absolute Gasteiger partial charge is 0.276 e. The van der Waals surface area contributed by atoms with Gasteiger partial charge in [0, 0.05) is 38.6 Å². The lowest BCUT2D eigenvalue weighted by Gasteiger charge is -2.09. The highest BCUT2D eigenvalue weighted by molar-refractivity contribution is 9.10. The number of hydrogen-bond acceptors (Lipinski definition) is 7. The second-order valence-electron chi connectivity index (χ2n) is 8.21. The molecule has 0 fully saturated rings. The van der Waals surface area contributed by atoms with E-state index in [1.165, 1.54) is 10.9 Å². The summed E-state index contributed by atoms with van der Waals surface area (Å²) in [7, 11) is 1.79. The van der Waals surface area contributed by atoms with Crippen molar-refractivity contribution >= 4 is 44.8 Å². The van der Waals surface area contributed by atoms with Crippen LogP contribution in [0.1, 0.15) is 40.5 Å². The van der Waals surface area contributed by atoms with Gasteiger partial charge < -0.3 is 10.6 Å². The molecule has 0 bridgehead atoms. The Bertz CT molecular complexity index is 1640. The number of nitrogens with zero attached hydrogens (tertiary/aromatic N) is 9. The van der Waals surface area contributed by atoms with Crippen molar-refractivity contribution in [1.29, 1.82) is 0 Å². The van der Waals surface area contributed by atoms with E-state index in [-0.39, 0.29) is 17.1 Å². The van der Waals surface area contributed by atoms with Gasteiger partial charge in [-0.25, -0.2) is 9.50 Å². The summed E-state index contributed by atoms with van der Waals surface area (Å²) in [4.78, 5) is 30.7. The van der Waals surface area contributed by atoms with Crippen molar-refractivity contribution in [2.45, 2.75) is 33.9 Å². The molecule has 5 aromatic rings. The largest absolute Gasteiger partial charge is 0.318 e. The molecule has 14 heteroatoms. The minimum atomic E-state index is -0.503. The lowest BCUT2D eigenvalue weighted by Crippen LogP contribution is -2.21.